The minimum Gasteiger partial charge on any atom is -0.306 e. The smallest absolute Gasteiger partial charge is 0.163 e. The molecule has 2 aromatic rings. The van der Waals surface area contributed by atoms with Crippen molar-refractivity contribution in [2.45, 2.75) is 13.0 Å². The van der Waals surface area contributed by atoms with E-state index in [2.05, 4.69) is 37.2 Å². The first-order chi connectivity index (χ1) is 9.52. The van der Waals surface area contributed by atoms with Crippen molar-refractivity contribution in [3.63, 3.8) is 0 Å². The molecule has 2 aromatic carbocycles. The highest BCUT2D eigenvalue weighted by Gasteiger charge is 2.19. The molecule has 0 saturated carbocycles. The van der Waals surface area contributed by atoms with Crippen molar-refractivity contribution >= 4 is 31.9 Å². The highest BCUT2D eigenvalue weighted by atomic mass is 79.9. The van der Waals surface area contributed by atoms with Crippen LogP contribution in [0.5, 0.6) is 0 Å². The van der Waals surface area contributed by atoms with Crippen molar-refractivity contribution in [1.82, 2.24) is 5.32 Å². The van der Waals surface area contributed by atoms with Crippen LogP contribution in [0.15, 0.2) is 45.3 Å². The zero-order valence-electron chi connectivity index (χ0n) is 10.8. The van der Waals surface area contributed by atoms with E-state index in [4.69, 9.17) is 0 Å². The van der Waals surface area contributed by atoms with Crippen molar-refractivity contribution in [1.29, 1.82) is 0 Å². The lowest BCUT2D eigenvalue weighted by atomic mass is 9.98. The Labute approximate surface area is 133 Å². The first-order valence-electron chi connectivity index (χ1n) is 6.16. The predicted molar refractivity (Wildman–Crippen MR) is 83.7 cm³/mol. The molecular weight excluding hydrogens is 392 g/mol. The van der Waals surface area contributed by atoms with Gasteiger partial charge in [-0.3, -0.25) is 0 Å². The summed E-state index contributed by atoms with van der Waals surface area (Å²) in [6, 6.07) is 9.52. The first-order valence-corrected chi connectivity index (χ1v) is 7.74. The summed E-state index contributed by atoms with van der Waals surface area (Å²) in [6.45, 7) is 2.57. The normalized spacial score (nSPS) is 12.4. The van der Waals surface area contributed by atoms with E-state index < -0.39 is 17.7 Å². The van der Waals surface area contributed by atoms with Gasteiger partial charge in [0.2, 0.25) is 0 Å². The summed E-state index contributed by atoms with van der Waals surface area (Å²) < 4.78 is 29.2. The topological polar surface area (TPSA) is 12.0 Å². The maximum Gasteiger partial charge on any atom is 0.163 e. The quantitative estimate of drug-likeness (QED) is 0.739. The van der Waals surface area contributed by atoms with Gasteiger partial charge in [-0.2, -0.15) is 0 Å². The average Bonchev–Trinajstić information content (AvgIpc) is 2.38. The molecule has 5 heteroatoms. The van der Waals surface area contributed by atoms with Crippen molar-refractivity contribution in [3.05, 3.63) is 68.1 Å². The Morgan fingerprint density at radius 1 is 1.10 bits per heavy atom. The standard InChI is InChI=1S/C15H13Br2F2N/c1-2-20-15(9-6-10(16)8-11(17)7-9)12-4-3-5-13(18)14(12)19/h3-8,15,20H,2H2,1H3. The third-order valence-electron chi connectivity index (χ3n) is 2.92. The molecule has 1 nitrogen and oxygen atoms in total. The van der Waals surface area contributed by atoms with Crippen LogP contribution in [-0.4, -0.2) is 6.54 Å². The first kappa shape index (κ1) is 15.6. The minimum absolute atomic E-state index is 0.303. The fourth-order valence-electron chi connectivity index (χ4n) is 2.10. The van der Waals surface area contributed by atoms with Crippen LogP contribution in [-0.2, 0) is 0 Å². The third kappa shape index (κ3) is 3.45. The summed E-state index contributed by atoms with van der Waals surface area (Å²) in [4.78, 5) is 0. The van der Waals surface area contributed by atoms with E-state index in [0.717, 1.165) is 20.6 Å². The summed E-state index contributed by atoms with van der Waals surface area (Å²) in [5, 5.41) is 3.19. The molecule has 0 aliphatic rings. The maximum absolute atomic E-state index is 14.0. The van der Waals surface area contributed by atoms with Crippen LogP contribution in [0.1, 0.15) is 24.1 Å². The van der Waals surface area contributed by atoms with Crippen molar-refractivity contribution in [3.8, 4) is 0 Å². The van der Waals surface area contributed by atoms with Crippen molar-refractivity contribution < 1.29 is 8.78 Å². The number of hydrogen-bond acceptors (Lipinski definition) is 1. The summed E-state index contributed by atoms with van der Waals surface area (Å²) in [7, 11) is 0. The van der Waals surface area contributed by atoms with Crippen LogP contribution in [0, 0.1) is 11.6 Å². The SMILES string of the molecule is CCNC(c1cc(Br)cc(Br)c1)c1cccc(F)c1F. The molecule has 0 fully saturated rings. The summed E-state index contributed by atoms with van der Waals surface area (Å²) in [5.41, 5.74) is 1.16. The van der Waals surface area contributed by atoms with Crippen molar-refractivity contribution in [2.75, 3.05) is 6.54 Å². The molecule has 0 amide bonds. The summed E-state index contributed by atoms with van der Waals surface area (Å²) >= 11 is 6.82. The van der Waals surface area contributed by atoms with Crippen LogP contribution < -0.4 is 5.32 Å². The molecule has 20 heavy (non-hydrogen) atoms. The Morgan fingerprint density at radius 3 is 2.35 bits per heavy atom. The van der Waals surface area contributed by atoms with Gasteiger partial charge in [-0.05, 0) is 36.4 Å². The highest BCUT2D eigenvalue weighted by molar-refractivity contribution is 9.11. The number of halogens is 4. The molecule has 1 N–H and O–H groups in total. The molecule has 0 aliphatic heterocycles. The van der Waals surface area contributed by atoms with E-state index in [1.165, 1.54) is 6.07 Å². The molecule has 0 radical (unpaired) electrons. The second kappa shape index (κ2) is 6.78. The maximum atomic E-state index is 14.0. The largest absolute Gasteiger partial charge is 0.306 e. The van der Waals surface area contributed by atoms with Gasteiger partial charge in [-0.15, -0.1) is 0 Å². The third-order valence-corrected chi connectivity index (χ3v) is 3.83. The molecule has 0 aromatic heterocycles. The Hall–Kier alpha value is -0.780. The number of nitrogens with one attached hydrogen (secondary N) is 1. The molecule has 2 rings (SSSR count). The Morgan fingerprint density at radius 2 is 1.75 bits per heavy atom. The van der Waals surface area contributed by atoms with Gasteiger partial charge < -0.3 is 5.32 Å². The van der Waals surface area contributed by atoms with Gasteiger partial charge in [-0.25, -0.2) is 8.78 Å². The van der Waals surface area contributed by atoms with Gasteiger partial charge in [0.15, 0.2) is 11.6 Å². The van der Waals surface area contributed by atoms with Gasteiger partial charge in [0, 0.05) is 14.5 Å². The monoisotopic (exact) mass is 403 g/mol. The Bertz CT molecular complexity index is 597. The molecule has 0 saturated heterocycles. The van der Waals surface area contributed by atoms with E-state index in [1.54, 1.807) is 6.07 Å². The van der Waals surface area contributed by atoms with Crippen LogP contribution >= 0.6 is 31.9 Å². The fraction of sp³-hybridized carbons (Fsp3) is 0.200. The molecule has 1 unspecified atom stereocenters. The lowest BCUT2D eigenvalue weighted by Gasteiger charge is -2.20. The molecule has 0 aliphatic carbocycles. The van der Waals surface area contributed by atoms with Gasteiger partial charge in [0.1, 0.15) is 0 Å². The van der Waals surface area contributed by atoms with Gasteiger partial charge in [0.05, 0.1) is 6.04 Å². The lowest BCUT2D eigenvalue weighted by molar-refractivity contribution is 0.483. The molecule has 1 atom stereocenters. The molecule has 106 valence electrons. The van der Waals surface area contributed by atoms with Crippen LogP contribution in [0.25, 0.3) is 0 Å². The fourth-order valence-corrected chi connectivity index (χ4v) is 3.43. The van der Waals surface area contributed by atoms with Crippen LogP contribution in [0.4, 0.5) is 8.78 Å². The van der Waals surface area contributed by atoms with E-state index in [-0.39, 0.29) is 0 Å². The Kier molecular flexibility index (Phi) is 5.29. The lowest BCUT2D eigenvalue weighted by Crippen LogP contribution is -2.23. The highest BCUT2D eigenvalue weighted by Crippen LogP contribution is 2.30. The molecule has 0 spiro atoms. The second-order valence-electron chi connectivity index (χ2n) is 4.34. The predicted octanol–water partition coefficient (Wildman–Crippen LogP) is 5.19. The number of benzene rings is 2. The van der Waals surface area contributed by atoms with E-state index in [0.29, 0.717) is 12.1 Å². The van der Waals surface area contributed by atoms with Gasteiger partial charge >= 0.3 is 0 Å². The van der Waals surface area contributed by atoms with Crippen LogP contribution in [0.3, 0.4) is 0 Å². The number of hydrogen-bond donors (Lipinski definition) is 1. The molecule has 0 heterocycles. The van der Waals surface area contributed by atoms with E-state index >= 15 is 0 Å². The molecule has 0 bridgehead atoms. The average molecular weight is 405 g/mol. The van der Waals surface area contributed by atoms with Gasteiger partial charge in [-0.1, -0.05) is 50.9 Å². The zero-order valence-corrected chi connectivity index (χ0v) is 13.9. The van der Waals surface area contributed by atoms with Crippen LogP contribution in [0.2, 0.25) is 0 Å². The summed E-state index contributed by atoms with van der Waals surface area (Å²) in [6.07, 6.45) is 0. The van der Waals surface area contributed by atoms with E-state index in [1.807, 2.05) is 25.1 Å². The second-order valence-corrected chi connectivity index (χ2v) is 6.17. The van der Waals surface area contributed by atoms with E-state index in [9.17, 15) is 8.78 Å². The summed E-state index contributed by atoms with van der Waals surface area (Å²) in [5.74, 6) is -1.64. The Balaban J connectivity index is 2.53. The number of rotatable bonds is 4. The molecular formula is C15H13Br2F2N. The van der Waals surface area contributed by atoms with Gasteiger partial charge in [0.25, 0.3) is 0 Å². The minimum atomic E-state index is -0.834. The zero-order chi connectivity index (χ0) is 14.7. The van der Waals surface area contributed by atoms with Crippen molar-refractivity contribution in [2.24, 2.45) is 0 Å².